The second kappa shape index (κ2) is 7.89. The SMILES string of the molecule is COc1ccc(NC(=O)c2cc(Nc3ccccc3C)ccn2)cc1Cl. The Bertz CT molecular complexity index is 944. The second-order valence-electron chi connectivity index (χ2n) is 5.67. The van der Waals surface area contributed by atoms with Crippen molar-refractivity contribution in [2.75, 3.05) is 17.7 Å². The number of hydrogen-bond donors (Lipinski definition) is 2. The minimum Gasteiger partial charge on any atom is -0.495 e. The fourth-order valence-corrected chi connectivity index (χ4v) is 2.70. The molecule has 3 rings (SSSR count). The molecule has 0 saturated heterocycles. The molecule has 0 aliphatic heterocycles. The van der Waals surface area contributed by atoms with Gasteiger partial charge in [0.1, 0.15) is 11.4 Å². The second-order valence-corrected chi connectivity index (χ2v) is 6.08. The molecule has 26 heavy (non-hydrogen) atoms. The zero-order valence-corrected chi connectivity index (χ0v) is 15.2. The van der Waals surface area contributed by atoms with Crippen molar-refractivity contribution in [1.82, 2.24) is 4.98 Å². The molecule has 0 spiro atoms. The maximum absolute atomic E-state index is 12.5. The van der Waals surface area contributed by atoms with Gasteiger partial charge in [0.15, 0.2) is 0 Å². The van der Waals surface area contributed by atoms with Crippen LogP contribution in [0.2, 0.25) is 5.02 Å². The maximum Gasteiger partial charge on any atom is 0.274 e. The number of carbonyl (C=O) groups is 1. The van der Waals surface area contributed by atoms with Crippen LogP contribution in [0, 0.1) is 6.92 Å². The Hall–Kier alpha value is -3.05. The lowest BCUT2D eigenvalue weighted by atomic mass is 10.2. The van der Waals surface area contributed by atoms with E-state index in [1.54, 1.807) is 30.5 Å². The number of anilines is 3. The van der Waals surface area contributed by atoms with Crippen LogP contribution in [0.15, 0.2) is 60.8 Å². The van der Waals surface area contributed by atoms with Crippen molar-refractivity contribution in [3.8, 4) is 5.75 Å². The number of rotatable bonds is 5. The first-order valence-corrected chi connectivity index (χ1v) is 8.38. The molecule has 0 aliphatic carbocycles. The Balaban J connectivity index is 1.76. The smallest absolute Gasteiger partial charge is 0.274 e. The van der Waals surface area contributed by atoms with Crippen molar-refractivity contribution in [3.63, 3.8) is 0 Å². The third kappa shape index (κ3) is 4.13. The fourth-order valence-electron chi connectivity index (χ4n) is 2.44. The number of amides is 1. The predicted octanol–water partition coefficient (Wildman–Crippen LogP) is 5.05. The van der Waals surface area contributed by atoms with E-state index in [0.29, 0.717) is 22.2 Å². The molecule has 2 N–H and O–H groups in total. The van der Waals surface area contributed by atoms with E-state index in [-0.39, 0.29) is 5.91 Å². The monoisotopic (exact) mass is 367 g/mol. The first-order valence-electron chi connectivity index (χ1n) is 8.00. The Morgan fingerprint density at radius 3 is 2.62 bits per heavy atom. The molecule has 1 heterocycles. The van der Waals surface area contributed by atoms with Crippen molar-refractivity contribution in [1.29, 1.82) is 0 Å². The number of benzene rings is 2. The predicted molar refractivity (Wildman–Crippen MR) is 105 cm³/mol. The van der Waals surface area contributed by atoms with Crippen molar-refractivity contribution < 1.29 is 9.53 Å². The van der Waals surface area contributed by atoms with Gasteiger partial charge in [-0.1, -0.05) is 29.8 Å². The average molecular weight is 368 g/mol. The number of ether oxygens (including phenoxy) is 1. The fraction of sp³-hybridized carbons (Fsp3) is 0.100. The van der Waals surface area contributed by atoms with Gasteiger partial charge >= 0.3 is 0 Å². The molecule has 0 fully saturated rings. The number of nitrogens with zero attached hydrogens (tertiary/aromatic N) is 1. The van der Waals surface area contributed by atoms with E-state index in [1.807, 2.05) is 37.3 Å². The molecule has 0 bridgehead atoms. The van der Waals surface area contributed by atoms with Gasteiger partial charge < -0.3 is 15.4 Å². The number of nitrogens with one attached hydrogen (secondary N) is 2. The summed E-state index contributed by atoms with van der Waals surface area (Å²) in [6, 6.07) is 16.5. The highest BCUT2D eigenvalue weighted by molar-refractivity contribution is 6.32. The molecule has 1 amide bonds. The minimum atomic E-state index is -0.320. The molecule has 0 unspecified atom stereocenters. The summed E-state index contributed by atoms with van der Waals surface area (Å²) in [5, 5.41) is 6.51. The number of aryl methyl sites for hydroxylation is 1. The van der Waals surface area contributed by atoms with Crippen molar-refractivity contribution >= 4 is 34.6 Å². The zero-order valence-electron chi connectivity index (χ0n) is 14.4. The Labute approximate surface area is 157 Å². The summed E-state index contributed by atoms with van der Waals surface area (Å²) >= 11 is 6.09. The number of para-hydroxylation sites is 1. The van der Waals surface area contributed by atoms with E-state index in [2.05, 4.69) is 15.6 Å². The minimum absolute atomic E-state index is 0.301. The molecule has 132 valence electrons. The normalized spacial score (nSPS) is 10.3. The van der Waals surface area contributed by atoms with Gasteiger partial charge in [0, 0.05) is 23.3 Å². The van der Waals surface area contributed by atoms with Crippen molar-refractivity contribution in [2.24, 2.45) is 0 Å². The Kier molecular flexibility index (Phi) is 5.39. The molecule has 1 aromatic heterocycles. The van der Waals surface area contributed by atoms with Gasteiger partial charge in [-0.25, -0.2) is 0 Å². The summed E-state index contributed by atoms with van der Waals surface area (Å²) in [6.07, 6.45) is 1.59. The van der Waals surface area contributed by atoms with Gasteiger partial charge in [-0.15, -0.1) is 0 Å². The van der Waals surface area contributed by atoms with Crippen LogP contribution in [-0.2, 0) is 0 Å². The van der Waals surface area contributed by atoms with Crippen molar-refractivity contribution in [3.05, 3.63) is 77.1 Å². The quantitative estimate of drug-likeness (QED) is 0.662. The van der Waals surface area contributed by atoms with E-state index in [9.17, 15) is 4.79 Å². The van der Waals surface area contributed by atoms with Gasteiger partial charge in [0.05, 0.1) is 12.1 Å². The van der Waals surface area contributed by atoms with Gasteiger partial charge in [0.2, 0.25) is 0 Å². The van der Waals surface area contributed by atoms with Gasteiger partial charge in [-0.05, 0) is 48.9 Å². The highest BCUT2D eigenvalue weighted by Crippen LogP contribution is 2.27. The van der Waals surface area contributed by atoms with Crippen LogP contribution in [-0.4, -0.2) is 18.0 Å². The molecular formula is C20H18ClN3O2. The van der Waals surface area contributed by atoms with E-state index in [0.717, 1.165) is 16.9 Å². The zero-order chi connectivity index (χ0) is 18.5. The number of aromatic nitrogens is 1. The molecule has 0 radical (unpaired) electrons. The first kappa shape index (κ1) is 17.8. The van der Waals surface area contributed by atoms with Crippen LogP contribution in [0.25, 0.3) is 0 Å². The number of methoxy groups -OCH3 is 1. The van der Waals surface area contributed by atoms with Crippen LogP contribution in [0.3, 0.4) is 0 Å². The standard InChI is InChI=1S/C20H18ClN3O2/c1-13-5-3-4-6-17(13)23-15-9-10-22-18(12-15)20(25)24-14-7-8-19(26-2)16(21)11-14/h3-12H,1-2H3,(H,22,23)(H,24,25). The van der Waals surface area contributed by atoms with Crippen LogP contribution in [0.1, 0.15) is 16.1 Å². The van der Waals surface area contributed by atoms with E-state index < -0.39 is 0 Å². The number of pyridine rings is 1. The van der Waals surface area contributed by atoms with Crippen LogP contribution < -0.4 is 15.4 Å². The molecule has 6 heteroatoms. The van der Waals surface area contributed by atoms with Gasteiger partial charge in [-0.2, -0.15) is 0 Å². The first-order chi connectivity index (χ1) is 12.6. The van der Waals surface area contributed by atoms with Crippen LogP contribution in [0.4, 0.5) is 17.1 Å². The number of halogens is 1. The topological polar surface area (TPSA) is 63.2 Å². The van der Waals surface area contributed by atoms with E-state index in [4.69, 9.17) is 16.3 Å². The molecule has 0 atom stereocenters. The molecular weight excluding hydrogens is 350 g/mol. The van der Waals surface area contributed by atoms with Gasteiger partial charge in [0.25, 0.3) is 5.91 Å². The highest BCUT2D eigenvalue weighted by atomic mass is 35.5. The van der Waals surface area contributed by atoms with Gasteiger partial charge in [-0.3, -0.25) is 9.78 Å². The lowest BCUT2D eigenvalue weighted by Gasteiger charge is -2.11. The van der Waals surface area contributed by atoms with Crippen molar-refractivity contribution in [2.45, 2.75) is 6.92 Å². The number of carbonyl (C=O) groups excluding carboxylic acids is 1. The third-order valence-corrected chi connectivity index (χ3v) is 4.12. The summed E-state index contributed by atoms with van der Waals surface area (Å²) in [6.45, 7) is 2.02. The van der Waals surface area contributed by atoms with Crippen LogP contribution in [0.5, 0.6) is 5.75 Å². The van der Waals surface area contributed by atoms with Crippen LogP contribution >= 0.6 is 11.6 Å². The molecule has 0 saturated carbocycles. The summed E-state index contributed by atoms with van der Waals surface area (Å²) < 4.78 is 5.11. The largest absolute Gasteiger partial charge is 0.495 e. The third-order valence-electron chi connectivity index (χ3n) is 3.83. The lowest BCUT2D eigenvalue weighted by molar-refractivity contribution is 0.102. The molecule has 5 nitrogen and oxygen atoms in total. The lowest BCUT2D eigenvalue weighted by Crippen LogP contribution is -2.13. The number of hydrogen-bond acceptors (Lipinski definition) is 4. The summed E-state index contributed by atoms with van der Waals surface area (Å²) in [5.74, 6) is 0.229. The summed E-state index contributed by atoms with van der Waals surface area (Å²) in [7, 11) is 1.54. The van der Waals surface area contributed by atoms with E-state index in [1.165, 1.54) is 7.11 Å². The molecule has 0 aliphatic rings. The summed E-state index contributed by atoms with van der Waals surface area (Å²) in [4.78, 5) is 16.6. The average Bonchev–Trinajstić information content (AvgIpc) is 2.64. The van der Waals surface area contributed by atoms with E-state index >= 15 is 0 Å². The maximum atomic E-state index is 12.5. The highest BCUT2D eigenvalue weighted by Gasteiger charge is 2.10. The Morgan fingerprint density at radius 1 is 1.08 bits per heavy atom. The Morgan fingerprint density at radius 2 is 1.88 bits per heavy atom. The molecule has 2 aromatic carbocycles. The molecule has 3 aromatic rings. The summed E-state index contributed by atoms with van der Waals surface area (Å²) in [5.41, 5.74) is 3.75.